The van der Waals surface area contributed by atoms with Gasteiger partial charge in [-0.15, -0.1) is 0 Å². The third-order valence-electron chi connectivity index (χ3n) is 1.78. The van der Waals surface area contributed by atoms with Crippen molar-refractivity contribution in [2.45, 2.75) is 20.8 Å². The summed E-state index contributed by atoms with van der Waals surface area (Å²) in [6.07, 6.45) is 6.56. The van der Waals surface area contributed by atoms with Crippen LogP contribution in [0, 0.1) is 29.6 Å². The van der Waals surface area contributed by atoms with Gasteiger partial charge in [0.2, 0.25) is 5.91 Å². The number of hydrogen-bond acceptors (Lipinski definition) is 1. The Labute approximate surface area is 104 Å². The number of allylic oxidation sites excluding steroid dienone is 3. The summed E-state index contributed by atoms with van der Waals surface area (Å²) in [5.74, 6) is 11.2. The molecule has 0 saturated carbocycles. The van der Waals surface area contributed by atoms with Crippen LogP contribution in [0.3, 0.4) is 0 Å². The molecule has 0 aliphatic carbocycles. The maximum Gasteiger partial charge on any atom is 0.246 e. The lowest BCUT2D eigenvalue weighted by Crippen LogP contribution is -2.28. The maximum atomic E-state index is 11.5. The second-order valence-corrected chi connectivity index (χ2v) is 3.98. The van der Waals surface area contributed by atoms with E-state index >= 15 is 0 Å². The van der Waals surface area contributed by atoms with Crippen molar-refractivity contribution in [2.75, 3.05) is 13.6 Å². The van der Waals surface area contributed by atoms with E-state index in [1.165, 1.54) is 12.2 Å². The molecule has 0 saturated heterocycles. The van der Waals surface area contributed by atoms with Crippen LogP contribution in [0.15, 0.2) is 24.3 Å². The van der Waals surface area contributed by atoms with E-state index in [-0.39, 0.29) is 5.91 Å². The largest absolute Gasteiger partial charge is 0.342 e. The lowest BCUT2D eigenvalue weighted by molar-refractivity contribution is -0.125. The van der Waals surface area contributed by atoms with Crippen molar-refractivity contribution in [1.82, 2.24) is 4.90 Å². The molecule has 0 atom stereocenters. The Bertz CT molecular complexity index is 408. The molecule has 0 radical (unpaired) electrons. The van der Waals surface area contributed by atoms with E-state index < -0.39 is 0 Å². The van der Waals surface area contributed by atoms with E-state index in [0.717, 1.165) is 6.54 Å². The first-order valence-corrected chi connectivity index (χ1v) is 5.61. The third-order valence-corrected chi connectivity index (χ3v) is 1.78. The van der Waals surface area contributed by atoms with Gasteiger partial charge in [0.1, 0.15) is 0 Å². The van der Waals surface area contributed by atoms with E-state index in [1.807, 2.05) is 13.0 Å². The molecule has 0 unspecified atom stereocenters. The first-order chi connectivity index (χ1) is 8.07. The van der Waals surface area contributed by atoms with E-state index in [0.29, 0.717) is 5.92 Å². The summed E-state index contributed by atoms with van der Waals surface area (Å²) < 4.78 is 0. The number of nitrogens with zero attached hydrogens (tertiary/aromatic N) is 1. The van der Waals surface area contributed by atoms with E-state index in [1.54, 1.807) is 18.0 Å². The van der Waals surface area contributed by atoms with Crippen LogP contribution in [0.1, 0.15) is 20.8 Å². The van der Waals surface area contributed by atoms with Crippen LogP contribution in [0.4, 0.5) is 0 Å². The highest BCUT2D eigenvalue weighted by Crippen LogP contribution is 1.96. The molecule has 0 aliphatic heterocycles. The summed E-state index contributed by atoms with van der Waals surface area (Å²) in [5, 5.41) is 0. The molecule has 0 aromatic rings. The Kier molecular flexibility index (Phi) is 8.25. The van der Waals surface area contributed by atoms with Gasteiger partial charge in [-0.25, -0.2) is 0 Å². The minimum absolute atomic E-state index is 0.0330. The van der Waals surface area contributed by atoms with Crippen molar-refractivity contribution in [2.24, 2.45) is 5.92 Å². The van der Waals surface area contributed by atoms with Crippen LogP contribution >= 0.6 is 0 Å². The summed E-state index contributed by atoms with van der Waals surface area (Å²) >= 11 is 0. The van der Waals surface area contributed by atoms with E-state index in [4.69, 9.17) is 0 Å². The molecule has 1 amide bonds. The molecular weight excluding hydrogens is 210 g/mol. The van der Waals surface area contributed by atoms with E-state index in [9.17, 15) is 4.79 Å². The predicted molar refractivity (Wildman–Crippen MR) is 72.0 cm³/mol. The quantitative estimate of drug-likeness (QED) is 0.537. The number of hydrogen-bond donors (Lipinski definition) is 0. The molecule has 90 valence electrons. The molecular formula is C15H19NO. The van der Waals surface area contributed by atoms with Crippen LogP contribution in [0.2, 0.25) is 0 Å². The zero-order valence-corrected chi connectivity index (χ0v) is 10.9. The van der Waals surface area contributed by atoms with Gasteiger partial charge < -0.3 is 4.90 Å². The van der Waals surface area contributed by atoms with Gasteiger partial charge in [-0.2, -0.15) is 0 Å². The summed E-state index contributed by atoms with van der Waals surface area (Å²) in [6.45, 7) is 6.79. The van der Waals surface area contributed by atoms with Crippen LogP contribution in [0.25, 0.3) is 0 Å². The molecule has 0 aromatic carbocycles. The van der Waals surface area contributed by atoms with Gasteiger partial charge in [0.05, 0.1) is 0 Å². The number of carbonyl (C=O) groups is 1. The molecule has 0 rings (SSSR count). The average molecular weight is 229 g/mol. The highest BCUT2D eigenvalue weighted by Gasteiger charge is 2.05. The second kappa shape index (κ2) is 9.31. The Hall–Kier alpha value is -1.93. The molecule has 0 aromatic heterocycles. The predicted octanol–water partition coefficient (Wildman–Crippen LogP) is 2.24. The zero-order valence-electron chi connectivity index (χ0n) is 10.9. The average Bonchev–Trinajstić information content (AvgIpc) is 2.26. The number of amides is 1. The first kappa shape index (κ1) is 15.1. The maximum absolute atomic E-state index is 11.5. The molecule has 0 bridgehead atoms. The van der Waals surface area contributed by atoms with E-state index in [2.05, 4.69) is 37.5 Å². The molecule has 2 heteroatoms. The standard InChI is InChI=1S/C15H19NO/c1-5-6-7-8-9-10-11-12-15(17)16(4)13-14(2)3/h5-6,11-12,14H,13H2,1-4H3. The highest BCUT2D eigenvalue weighted by atomic mass is 16.2. The lowest BCUT2D eigenvalue weighted by Gasteiger charge is -2.16. The normalized spacial score (nSPS) is 9.94. The van der Waals surface area contributed by atoms with Gasteiger partial charge in [-0.3, -0.25) is 4.79 Å². The van der Waals surface area contributed by atoms with Crippen LogP contribution in [-0.2, 0) is 4.79 Å². The lowest BCUT2D eigenvalue weighted by atomic mass is 10.2. The van der Waals surface area contributed by atoms with Gasteiger partial charge in [0, 0.05) is 19.7 Å². The molecule has 0 heterocycles. The Morgan fingerprint density at radius 1 is 1.24 bits per heavy atom. The minimum Gasteiger partial charge on any atom is -0.342 e. The van der Waals surface area contributed by atoms with Crippen LogP contribution in [-0.4, -0.2) is 24.4 Å². The molecule has 0 N–H and O–H groups in total. The molecule has 0 spiro atoms. The number of rotatable bonds is 3. The fraction of sp³-hybridized carbons (Fsp3) is 0.400. The first-order valence-electron chi connectivity index (χ1n) is 5.61. The Balaban J connectivity index is 4.17. The molecule has 2 nitrogen and oxygen atoms in total. The topological polar surface area (TPSA) is 20.3 Å². The number of likely N-dealkylation sites (N-methyl/N-ethyl adjacent to an activating group) is 1. The van der Waals surface area contributed by atoms with Crippen LogP contribution in [0.5, 0.6) is 0 Å². The van der Waals surface area contributed by atoms with Crippen molar-refractivity contribution >= 4 is 5.91 Å². The van der Waals surface area contributed by atoms with Crippen molar-refractivity contribution in [3.63, 3.8) is 0 Å². The number of carbonyl (C=O) groups excluding carboxylic acids is 1. The Morgan fingerprint density at radius 2 is 1.82 bits per heavy atom. The monoisotopic (exact) mass is 229 g/mol. The molecule has 0 fully saturated rings. The Morgan fingerprint density at radius 3 is 2.35 bits per heavy atom. The summed E-state index contributed by atoms with van der Waals surface area (Å²) in [6, 6.07) is 0. The zero-order chi connectivity index (χ0) is 13.1. The molecule has 0 aliphatic rings. The summed E-state index contributed by atoms with van der Waals surface area (Å²) in [7, 11) is 1.78. The smallest absolute Gasteiger partial charge is 0.246 e. The van der Waals surface area contributed by atoms with Gasteiger partial charge in [-0.05, 0) is 36.8 Å². The molecule has 17 heavy (non-hydrogen) atoms. The van der Waals surface area contributed by atoms with Crippen molar-refractivity contribution < 1.29 is 4.79 Å². The van der Waals surface area contributed by atoms with Gasteiger partial charge in [-0.1, -0.05) is 31.8 Å². The van der Waals surface area contributed by atoms with Crippen molar-refractivity contribution in [1.29, 1.82) is 0 Å². The van der Waals surface area contributed by atoms with Crippen molar-refractivity contribution in [3.8, 4) is 23.7 Å². The van der Waals surface area contributed by atoms with Gasteiger partial charge >= 0.3 is 0 Å². The van der Waals surface area contributed by atoms with Crippen molar-refractivity contribution in [3.05, 3.63) is 24.3 Å². The summed E-state index contributed by atoms with van der Waals surface area (Å²) in [4.78, 5) is 13.2. The SMILES string of the molecule is CC=CC#CC#CC=CC(=O)N(C)CC(C)C. The van der Waals surface area contributed by atoms with Gasteiger partial charge in [0.25, 0.3) is 0 Å². The fourth-order valence-electron chi connectivity index (χ4n) is 1.12. The third kappa shape index (κ3) is 9.03. The summed E-state index contributed by atoms with van der Waals surface area (Å²) in [5.41, 5.74) is 0. The second-order valence-electron chi connectivity index (χ2n) is 3.98. The van der Waals surface area contributed by atoms with Crippen LogP contribution < -0.4 is 0 Å². The fourth-order valence-corrected chi connectivity index (χ4v) is 1.12. The van der Waals surface area contributed by atoms with Gasteiger partial charge in [0.15, 0.2) is 0 Å². The highest BCUT2D eigenvalue weighted by molar-refractivity contribution is 5.87. The minimum atomic E-state index is -0.0330.